The Labute approximate surface area is 612 Å². The molecule has 0 aliphatic carbocycles. The number of nitro groups is 4. The van der Waals surface area contributed by atoms with E-state index in [2.05, 4.69) is 55.6 Å². The van der Waals surface area contributed by atoms with Gasteiger partial charge in [-0.2, -0.15) is 5.26 Å². The summed E-state index contributed by atoms with van der Waals surface area (Å²) in [5.41, 5.74) is -0.925. The number of azo groups is 4. The molecule has 38 heteroatoms. The minimum atomic E-state index is -0.653. The van der Waals surface area contributed by atoms with Crippen LogP contribution in [-0.2, 0) is 46.6 Å². The maximum absolute atomic E-state index is 12.3. The fraction of sp³-hybridized carbons (Fsp3) is 0.273. The standard InChI is InChI=1S/2C17H17N5O5.2C16H18N4O4.2Co/c1-4-5-8-21-16(24)14(18-3)10(2)15(17(21)25)20-19-12-9-11(22(26)27)6-7-13(12)23;1-3-4-7-21-16(24)12(9-18)10(2)15(17(21)25)20-19-13-8-11(22(26)27)5-6-14(13)23;2*1-3-19(4-2)11-5-7-13(16(22)10-11)17-18-14-9-12(20(23)24)6-8-15(14)21;;/h6-7,9,23,25H,4-5,8H2,1-2H3;5-6,8,23,25H,3-4,7H2,1-2H3;2*5-10,21-22H,3-4H2,1-2H3;;. The summed E-state index contributed by atoms with van der Waals surface area (Å²) in [6.07, 6.45) is 2.74. The minimum absolute atomic E-state index is 0. The normalized spacial score (nSPS) is 10.7. The van der Waals surface area contributed by atoms with Crippen molar-refractivity contribution in [2.24, 2.45) is 40.9 Å². The third-order valence-electron chi connectivity index (χ3n) is 14.9. The predicted octanol–water partition coefficient (Wildman–Crippen LogP) is 16.3. The molecule has 2 heterocycles. The number of phenols is 6. The van der Waals surface area contributed by atoms with E-state index in [4.69, 9.17) is 6.57 Å². The molecule has 0 amide bonds. The Morgan fingerprint density at radius 3 is 1.02 bits per heavy atom. The van der Waals surface area contributed by atoms with Gasteiger partial charge in [-0.3, -0.25) is 59.2 Å². The van der Waals surface area contributed by atoms with Crippen molar-refractivity contribution < 1.29 is 94.1 Å². The molecule has 0 aliphatic rings. The molecule has 2 aromatic heterocycles. The molecule has 0 fully saturated rings. The SMILES string of the molecule is CCCCn1c(O)c(N=Nc2cc([N+](=O)[O-])ccc2O)c(C)c(C#N)c1=O.CCN(CC)c1ccc(N=Nc2cc([N+](=O)[O-])ccc2O)c(O)c1.CCN(CC)c1ccc(N=Nc2cc([N+](=O)[O-])ccc2O)c(O)c1.[C-]#[N+]c1c(C)c(N=Nc2cc([N+](=O)[O-])ccc2O)c(O)n(CCCC)c1=O.[Co].[Co]. The van der Waals surface area contributed by atoms with Crippen LogP contribution in [0.2, 0.25) is 0 Å². The molecule has 0 unspecified atom stereocenters. The summed E-state index contributed by atoms with van der Waals surface area (Å²) in [6.45, 7) is 25.6. The van der Waals surface area contributed by atoms with Crippen molar-refractivity contribution in [2.75, 3.05) is 36.0 Å². The van der Waals surface area contributed by atoms with E-state index in [1.54, 1.807) is 42.5 Å². The molecule has 8 aromatic rings. The van der Waals surface area contributed by atoms with E-state index in [1.165, 1.54) is 38.1 Å². The number of hydrogen-bond acceptors (Lipinski definition) is 29. The van der Waals surface area contributed by atoms with Crippen LogP contribution in [0, 0.1) is 72.2 Å². The van der Waals surface area contributed by atoms with Gasteiger partial charge in [-0.05, 0) is 108 Å². The van der Waals surface area contributed by atoms with E-state index in [0.29, 0.717) is 12.8 Å². The molecule has 8 N–H and O–H groups in total. The predicted molar refractivity (Wildman–Crippen MR) is 374 cm³/mol. The summed E-state index contributed by atoms with van der Waals surface area (Å²) >= 11 is 0. The number of nitro benzene ring substituents is 4. The topological polar surface area (TPSA) is 512 Å². The molecule has 550 valence electrons. The number of nitrogens with zero attached hydrogens (tertiary/aromatic N) is 18. The maximum atomic E-state index is 12.3. The van der Waals surface area contributed by atoms with E-state index in [0.717, 1.165) is 108 Å². The Morgan fingerprint density at radius 2 is 0.740 bits per heavy atom. The first-order valence-electron chi connectivity index (χ1n) is 31.0. The van der Waals surface area contributed by atoms with Gasteiger partial charge in [0, 0.05) is 150 Å². The van der Waals surface area contributed by atoms with Crippen molar-refractivity contribution in [1.82, 2.24) is 9.13 Å². The van der Waals surface area contributed by atoms with Crippen LogP contribution in [-0.4, -0.2) is 95.9 Å². The molecule has 0 saturated carbocycles. The van der Waals surface area contributed by atoms with Gasteiger partial charge in [-0.15, -0.1) is 40.9 Å². The van der Waals surface area contributed by atoms with Gasteiger partial charge in [-0.25, -0.2) is 4.85 Å². The zero-order chi connectivity index (χ0) is 75.7. The maximum Gasteiger partial charge on any atom is 0.271 e. The Hall–Kier alpha value is -12.8. The van der Waals surface area contributed by atoms with Crippen molar-refractivity contribution >= 4 is 85.3 Å². The van der Waals surface area contributed by atoms with Crippen LogP contribution in [0.1, 0.15) is 83.9 Å². The molecule has 0 bridgehead atoms. The summed E-state index contributed by atoms with van der Waals surface area (Å²) in [5, 5.41) is 163. The van der Waals surface area contributed by atoms with Gasteiger partial charge in [0.1, 0.15) is 85.9 Å². The zero-order valence-corrected chi connectivity index (χ0v) is 58.9. The van der Waals surface area contributed by atoms with Gasteiger partial charge in [-0.1, -0.05) is 26.7 Å². The molecular formula is C66H70Co2N18O18. The number of aromatic nitrogens is 2. The van der Waals surface area contributed by atoms with E-state index in [-0.39, 0.29) is 172 Å². The van der Waals surface area contributed by atoms with Gasteiger partial charge in [0.2, 0.25) is 11.8 Å². The number of phenolic OH excluding ortho intramolecular Hbond substituents is 6. The Morgan fingerprint density at radius 1 is 0.442 bits per heavy atom. The Bertz CT molecular complexity index is 4480. The second kappa shape index (κ2) is 40.5. The molecule has 0 aliphatic heterocycles. The number of nitriles is 1. The largest absolute Gasteiger partial charge is 0.506 e. The number of rotatable bonds is 24. The quantitative estimate of drug-likeness (QED) is 0.0121. The summed E-state index contributed by atoms with van der Waals surface area (Å²) in [6, 6.07) is 25.1. The van der Waals surface area contributed by atoms with Crippen molar-refractivity contribution in [3.63, 3.8) is 0 Å². The smallest absolute Gasteiger partial charge is 0.271 e. The second-order valence-corrected chi connectivity index (χ2v) is 21.4. The van der Waals surface area contributed by atoms with Crippen molar-refractivity contribution in [1.29, 1.82) is 5.26 Å². The van der Waals surface area contributed by atoms with E-state index in [1.807, 2.05) is 41.5 Å². The second-order valence-electron chi connectivity index (χ2n) is 21.4. The van der Waals surface area contributed by atoms with Crippen molar-refractivity contribution in [3.05, 3.63) is 198 Å². The van der Waals surface area contributed by atoms with Crippen LogP contribution in [0.25, 0.3) is 4.85 Å². The monoisotopic (exact) mass is 1520 g/mol. The van der Waals surface area contributed by atoms with E-state index in [9.17, 15) is 96.2 Å². The molecule has 6 aromatic carbocycles. The summed E-state index contributed by atoms with van der Waals surface area (Å²) in [7, 11) is 0. The average molecular weight is 1520 g/mol. The van der Waals surface area contributed by atoms with Gasteiger partial charge in [0.15, 0.2) is 5.69 Å². The molecule has 0 atom stereocenters. The van der Waals surface area contributed by atoms with Gasteiger partial charge < -0.3 is 50.7 Å². The fourth-order valence-electron chi connectivity index (χ4n) is 9.16. The average Bonchev–Trinajstić information content (AvgIpc) is 0.789. The van der Waals surface area contributed by atoms with Gasteiger partial charge in [0.05, 0.1) is 26.3 Å². The van der Waals surface area contributed by atoms with Crippen LogP contribution in [0.15, 0.2) is 160 Å². The molecular weight excluding hydrogens is 1450 g/mol. The summed E-state index contributed by atoms with van der Waals surface area (Å²) in [4.78, 5) is 72.8. The number of non-ortho nitro benzene ring substituents is 4. The van der Waals surface area contributed by atoms with Gasteiger partial charge >= 0.3 is 0 Å². The first kappa shape index (κ1) is 85.4. The molecule has 2 radical (unpaired) electrons. The van der Waals surface area contributed by atoms with E-state index >= 15 is 0 Å². The number of anilines is 2. The molecule has 0 saturated heterocycles. The summed E-state index contributed by atoms with van der Waals surface area (Å²) in [5.74, 6) is -2.19. The number of hydrogen-bond donors (Lipinski definition) is 8. The van der Waals surface area contributed by atoms with Crippen molar-refractivity contribution in [3.8, 4) is 52.3 Å². The van der Waals surface area contributed by atoms with Gasteiger partial charge in [0.25, 0.3) is 39.6 Å². The van der Waals surface area contributed by atoms with Crippen LogP contribution < -0.4 is 20.9 Å². The number of pyridine rings is 2. The molecule has 0 spiro atoms. The third kappa shape index (κ3) is 22.1. The Kier molecular flexibility index (Phi) is 33.2. The molecule has 104 heavy (non-hydrogen) atoms. The molecule has 36 nitrogen and oxygen atoms in total. The number of aromatic hydroxyl groups is 8. The fourth-order valence-corrected chi connectivity index (χ4v) is 9.16. The summed E-state index contributed by atoms with van der Waals surface area (Å²) < 4.78 is 2.09. The van der Waals surface area contributed by atoms with Crippen LogP contribution in [0.5, 0.6) is 46.3 Å². The van der Waals surface area contributed by atoms with Crippen LogP contribution in [0.3, 0.4) is 0 Å². The zero-order valence-electron chi connectivity index (χ0n) is 56.8. The Balaban J connectivity index is 0.000000358. The van der Waals surface area contributed by atoms with Crippen LogP contribution >= 0.6 is 0 Å². The van der Waals surface area contributed by atoms with Crippen molar-refractivity contribution in [2.45, 2.75) is 94.2 Å². The van der Waals surface area contributed by atoms with Crippen LogP contribution in [0.4, 0.5) is 85.3 Å². The molecule has 8 rings (SSSR count). The number of benzene rings is 6. The number of unbranched alkanes of at least 4 members (excludes halogenated alkanes) is 2. The minimum Gasteiger partial charge on any atom is -0.506 e. The first-order chi connectivity index (χ1) is 48.5. The third-order valence-corrected chi connectivity index (χ3v) is 14.9. The van der Waals surface area contributed by atoms with E-state index < -0.39 is 42.6 Å². The first-order valence-corrected chi connectivity index (χ1v) is 31.0.